The van der Waals surface area contributed by atoms with E-state index in [0.717, 1.165) is 0 Å². The van der Waals surface area contributed by atoms with Gasteiger partial charge in [0.2, 0.25) is 0 Å². The summed E-state index contributed by atoms with van der Waals surface area (Å²) < 4.78 is 47.7. The van der Waals surface area contributed by atoms with E-state index in [4.69, 9.17) is 4.42 Å². The van der Waals surface area contributed by atoms with Gasteiger partial charge in [0.1, 0.15) is 22.3 Å². The molecule has 0 radical (unpaired) electrons. The van der Waals surface area contributed by atoms with Gasteiger partial charge in [0.05, 0.1) is 12.8 Å². The molecule has 10 heteroatoms. The summed E-state index contributed by atoms with van der Waals surface area (Å²) in [6.07, 6.45) is 2.87. The number of carbonyl (C=O) groups excluding carboxylic acids is 1. The fourth-order valence-corrected chi connectivity index (χ4v) is 5.32. The minimum Gasteiger partial charge on any atom is -0.467 e. The molecular formula is C21H23FN4O4S. The third-order valence-corrected chi connectivity index (χ3v) is 6.85. The van der Waals surface area contributed by atoms with Crippen LogP contribution in [0.15, 0.2) is 57.0 Å². The summed E-state index contributed by atoms with van der Waals surface area (Å²) >= 11 is 0. The second kappa shape index (κ2) is 8.54. The Balaban J connectivity index is 1.37. The van der Waals surface area contributed by atoms with E-state index in [-0.39, 0.29) is 17.0 Å². The molecule has 164 valence electrons. The molecule has 2 N–H and O–H groups in total. The topological polar surface area (TPSA) is 104 Å². The van der Waals surface area contributed by atoms with Crippen molar-refractivity contribution in [3.8, 4) is 0 Å². The number of amidine groups is 1. The summed E-state index contributed by atoms with van der Waals surface area (Å²) in [4.78, 5) is 14.1. The van der Waals surface area contributed by atoms with E-state index >= 15 is 0 Å². The van der Waals surface area contributed by atoms with Gasteiger partial charge < -0.3 is 20.0 Å². The Morgan fingerprint density at radius 1 is 1.23 bits per heavy atom. The average molecular weight is 447 g/mol. The predicted octanol–water partition coefficient (Wildman–Crippen LogP) is 2.86. The number of hydrogen-bond donors (Lipinski definition) is 2. The van der Waals surface area contributed by atoms with Crippen molar-refractivity contribution in [2.75, 3.05) is 13.1 Å². The number of piperidine rings is 1. The first kappa shape index (κ1) is 21.1. The maximum atomic E-state index is 13.2. The Morgan fingerprint density at radius 3 is 2.58 bits per heavy atom. The van der Waals surface area contributed by atoms with E-state index in [1.807, 2.05) is 4.90 Å². The molecule has 1 aromatic carbocycles. The highest BCUT2D eigenvalue weighted by Crippen LogP contribution is 2.34. The third-order valence-electron chi connectivity index (χ3n) is 5.38. The molecule has 1 saturated heterocycles. The number of rotatable bonds is 4. The number of benzene rings is 1. The van der Waals surface area contributed by atoms with Crippen LogP contribution in [0, 0.1) is 5.82 Å². The zero-order valence-corrected chi connectivity index (χ0v) is 17.8. The Hall–Kier alpha value is -3.14. The number of nitrogens with zero attached hydrogens (tertiary/aromatic N) is 2. The van der Waals surface area contributed by atoms with Crippen LogP contribution in [0.3, 0.4) is 0 Å². The van der Waals surface area contributed by atoms with Gasteiger partial charge in [-0.1, -0.05) is 12.1 Å². The van der Waals surface area contributed by atoms with Crippen molar-refractivity contribution in [3.05, 3.63) is 65.4 Å². The van der Waals surface area contributed by atoms with Gasteiger partial charge in [-0.3, -0.25) is 0 Å². The standard InChI is InChI=1S/C21H23FN4O4S/c1-14-19(15-4-6-16(22)7-5-15)31(28,29)25-20(14)26-10-8-17(9-11-26)24-21(27)23-13-18-3-2-12-30-18/h2-7,12,17H,8-11,13H2,1H3,(H2,23,24,27). The lowest BCUT2D eigenvalue weighted by atomic mass is 10.0. The van der Waals surface area contributed by atoms with Crippen molar-refractivity contribution in [3.63, 3.8) is 0 Å². The first-order valence-electron chi connectivity index (χ1n) is 9.97. The summed E-state index contributed by atoms with van der Waals surface area (Å²) in [5.41, 5.74) is 0.969. The molecule has 3 heterocycles. The molecule has 2 aliphatic heterocycles. The van der Waals surface area contributed by atoms with Crippen LogP contribution < -0.4 is 10.6 Å². The number of likely N-dealkylation sites (tertiary alicyclic amines) is 1. The summed E-state index contributed by atoms with van der Waals surface area (Å²) in [6.45, 7) is 3.15. The highest BCUT2D eigenvalue weighted by atomic mass is 32.2. The number of sulfonamides is 1. The number of urea groups is 1. The highest BCUT2D eigenvalue weighted by Gasteiger charge is 2.35. The normalized spacial score (nSPS) is 18.8. The molecule has 0 atom stereocenters. The Labute approximate surface area is 179 Å². The maximum Gasteiger partial charge on any atom is 0.315 e. The van der Waals surface area contributed by atoms with E-state index in [9.17, 15) is 17.6 Å². The quantitative estimate of drug-likeness (QED) is 0.752. The molecule has 0 saturated carbocycles. The fraction of sp³-hybridized carbons (Fsp3) is 0.333. The lowest BCUT2D eigenvalue weighted by Gasteiger charge is -2.33. The molecule has 2 aromatic rings. The Morgan fingerprint density at radius 2 is 1.94 bits per heavy atom. The minimum absolute atomic E-state index is 0.0210. The van der Waals surface area contributed by atoms with Crippen molar-refractivity contribution >= 4 is 26.8 Å². The van der Waals surface area contributed by atoms with Crippen molar-refractivity contribution < 1.29 is 22.0 Å². The lowest BCUT2D eigenvalue weighted by Crippen LogP contribution is -2.49. The third kappa shape index (κ3) is 4.63. The second-order valence-electron chi connectivity index (χ2n) is 7.52. The van der Waals surface area contributed by atoms with Crippen LogP contribution in [0.2, 0.25) is 0 Å². The number of nitrogens with one attached hydrogen (secondary N) is 2. The lowest BCUT2D eigenvalue weighted by molar-refractivity contribution is 0.225. The minimum atomic E-state index is -3.85. The van der Waals surface area contributed by atoms with Gasteiger partial charge in [0.25, 0.3) is 10.0 Å². The van der Waals surface area contributed by atoms with E-state index in [1.54, 1.807) is 25.3 Å². The van der Waals surface area contributed by atoms with E-state index in [2.05, 4.69) is 15.0 Å². The van der Waals surface area contributed by atoms with Crippen LogP contribution in [0.1, 0.15) is 31.1 Å². The zero-order valence-electron chi connectivity index (χ0n) is 17.0. The first-order valence-corrected chi connectivity index (χ1v) is 11.4. The molecule has 0 bridgehead atoms. The highest BCUT2D eigenvalue weighted by molar-refractivity contribution is 8.00. The van der Waals surface area contributed by atoms with Gasteiger partial charge in [-0.2, -0.15) is 8.42 Å². The molecule has 0 spiro atoms. The van der Waals surface area contributed by atoms with Crippen LogP contribution in [-0.4, -0.2) is 44.3 Å². The molecule has 2 amide bonds. The fourth-order valence-electron chi connectivity index (χ4n) is 3.84. The van der Waals surface area contributed by atoms with Crippen LogP contribution in [-0.2, 0) is 16.6 Å². The molecule has 1 aromatic heterocycles. The molecule has 1 fully saturated rings. The van der Waals surface area contributed by atoms with Gasteiger partial charge in [0, 0.05) is 24.7 Å². The van der Waals surface area contributed by atoms with E-state index in [1.165, 1.54) is 24.3 Å². The second-order valence-corrected chi connectivity index (χ2v) is 9.06. The number of hydrogen-bond acceptors (Lipinski definition) is 5. The van der Waals surface area contributed by atoms with Gasteiger partial charge in [-0.15, -0.1) is 4.40 Å². The Bertz CT molecular complexity index is 1120. The van der Waals surface area contributed by atoms with Crippen LogP contribution >= 0.6 is 0 Å². The maximum absolute atomic E-state index is 13.2. The predicted molar refractivity (Wildman–Crippen MR) is 114 cm³/mol. The van der Waals surface area contributed by atoms with Crippen LogP contribution in [0.5, 0.6) is 0 Å². The number of halogens is 1. The van der Waals surface area contributed by atoms with Crippen molar-refractivity contribution in [2.45, 2.75) is 32.4 Å². The van der Waals surface area contributed by atoms with Crippen molar-refractivity contribution in [1.82, 2.24) is 15.5 Å². The van der Waals surface area contributed by atoms with Gasteiger partial charge in [0.15, 0.2) is 0 Å². The Kier molecular flexibility index (Phi) is 5.81. The van der Waals surface area contributed by atoms with Gasteiger partial charge in [-0.05, 0) is 49.6 Å². The van der Waals surface area contributed by atoms with Gasteiger partial charge >= 0.3 is 6.03 Å². The molecular weight excluding hydrogens is 423 g/mol. The van der Waals surface area contributed by atoms with E-state index < -0.39 is 15.8 Å². The van der Waals surface area contributed by atoms with Crippen LogP contribution in [0.25, 0.3) is 4.91 Å². The SMILES string of the molecule is CC1=C(c2ccc(F)cc2)S(=O)(=O)N=C1N1CCC(NC(=O)NCc2ccco2)CC1. The van der Waals surface area contributed by atoms with E-state index in [0.29, 0.717) is 55.2 Å². The summed E-state index contributed by atoms with van der Waals surface area (Å²) in [7, 11) is -3.85. The molecule has 0 aliphatic carbocycles. The largest absolute Gasteiger partial charge is 0.467 e. The number of carbonyl (C=O) groups is 1. The monoisotopic (exact) mass is 446 g/mol. The summed E-state index contributed by atoms with van der Waals surface area (Å²) in [6, 6.07) is 8.61. The van der Waals surface area contributed by atoms with Crippen LogP contribution in [0.4, 0.5) is 9.18 Å². The molecule has 31 heavy (non-hydrogen) atoms. The molecule has 2 aliphatic rings. The summed E-state index contributed by atoms with van der Waals surface area (Å²) in [5.74, 6) is 0.658. The first-order chi connectivity index (χ1) is 14.8. The molecule has 8 nitrogen and oxygen atoms in total. The van der Waals surface area contributed by atoms with Crippen molar-refractivity contribution in [2.24, 2.45) is 4.40 Å². The summed E-state index contributed by atoms with van der Waals surface area (Å²) in [5, 5.41) is 5.69. The number of furan rings is 1. The molecule has 4 rings (SSSR count). The van der Waals surface area contributed by atoms with Gasteiger partial charge in [-0.25, -0.2) is 9.18 Å². The zero-order chi connectivity index (χ0) is 22.0. The smallest absolute Gasteiger partial charge is 0.315 e. The molecule has 0 unspecified atom stereocenters. The number of amides is 2. The van der Waals surface area contributed by atoms with Crippen molar-refractivity contribution in [1.29, 1.82) is 0 Å². The average Bonchev–Trinajstić information content (AvgIpc) is 3.34.